The molecule has 0 heterocycles. The molecule has 1 unspecified atom stereocenters. The Morgan fingerprint density at radius 1 is 1.05 bits per heavy atom. The summed E-state index contributed by atoms with van der Waals surface area (Å²) in [6.45, 7) is 9.50. The predicted octanol–water partition coefficient (Wildman–Crippen LogP) is 5.47. The molecule has 0 aromatic heterocycles. The van der Waals surface area contributed by atoms with E-state index in [9.17, 15) is 5.11 Å². The van der Waals surface area contributed by atoms with Crippen LogP contribution in [0.15, 0.2) is 22.7 Å². The number of benzene rings is 1. The summed E-state index contributed by atoms with van der Waals surface area (Å²) < 4.78 is 1.07. The van der Waals surface area contributed by atoms with Crippen molar-refractivity contribution in [2.45, 2.75) is 65.4 Å². The third-order valence-electron chi connectivity index (χ3n) is 4.18. The molecule has 0 fully saturated rings. The molecule has 0 saturated carbocycles. The first kappa shape index (κ1) is 19.7. The van der Waals surface area contributed by atoms with Crippen molar-refractivity contribution in [3.8, 4) is 0 Å². The van der Waals surface area contributed by atoms with Crippen LogP contribution in [0.3, 0.4) is 0 Å². The molecule has 3 heteroatoms. The summed E-state index contributed by atoms with van der Waals surface area (Å²) in [4.78, 5) is 2.44. The summed E-state index contributed by atoms with van der Waals surface area (Å²) >= 11 is 3.49. The third kappa shape index (κ3) is 7.26. The summed E-state index contributed by atoms with van der Waals surface area (Å²) in [6, 6.07) is 6.14. The van der Waals surface area contributed by atoms with Gasteiger partial charge in [0.1, 0.15) is 0 Å². The molecule has 0 amide bonds. The lowest BCUT2D eigenvalue weighted by Gasteiger charge is -2.26. The maximum Gasteiger partial charge on any atom is 0.0919 e. The van der Waals surface area contributed by atoms with Crippen molar-refractivity contribution >= 4 is 15.9 Å². The van der Waals surface area contributed by atoms with Gasteiger partial charge in [-0.2, -0.15) is 0 Å². The number of aliphatic hydroxyl groups excluding tert-OH is 1. The lowest BCUT2D eigenvalue weighted by atomic mass is 10.0. The number of unbranched alkanes of at least 4 members (excludes halogenated alkanes) is 4. The fourth-order valence-electron chi connectivity index (χ4n) is 2.82. The van der Waals surface area contributed by atoms with Crippen molar-refractivity contribution in [2.24, 2.45) is 0 Å². The Hall–Kier alpha value is -0.380. The Bertz CT molecular complexity index is 412. The van der Waals surface area contributed by atoms with E-state index >= 15 is 0 Å². The minimum Gasteiger partial charge on any atom is -0.387 e. The highest BCUT2D eigenvalue weighted by molar-refractivity contribution is 9.10. The highest BCUT2D eigenvalue weighted by Gasteiger charge is 2.15. The molecule has 2 nitrogen and oxygen atoms in total. The molecule has 1 atom stereocenters. The number of aliphatic hydroxyl groups is 1. The van der Waals surface area contributed by atoms with E-state index in [0.29, 0.717) is 0 Å². The maximum atomic E-state index is 10.6. The van der Waals surface area contributed by atoms with Crippen molar-refractivity contribution in [1.29, 1.82) is 0 Å². The molecule has 1 aromatic carbocycles. The normalized spacial score (nSPS) is 12.8. The number of hydrogen-bond acceptors (Lipinski definition) is 2. The largest absolute Gasteiger partial charge is 0.387 e. The summed E-state index contributed by atoms with van der Waals surface area (Å²) in [5.74, 6) is 0. The van der Waals surface area contributed by atoms with Gasteiger partial charge in [-0.3, -0.25) is 0 Å². The second-order valence-corrected chi connectivity index (χ2v) is 7.15. The van der Waals surface area contributed by atoms with Crippen molar-refractivity contribution in [3.05, 3.63) is 33.8 Å². The molecule has 0 bridgehead atoms. The summed E-state index contributed by atoms with van der Waals surface area (Å²) in [5, 5.41) is 10.6. The Morgan fingerprint density at radius 2 is 1.64 bits per heavy atom. The van der Waals surface area contributed by atoms with Gasteiger partial charge in [-0.15, -0.1) is 0 Å². The van der Waals surface area contributed by atoms with Crippen LogP contribution in [0.1, 0.15) is 69.6 Å². The minimum atomic E-state index is -0.392. The van der Waals surface area contributed by atoms with E-state index in [1.54, 1.807) is 0 Å². The monoisotopic (exact) mass is 369 g/mol. The maximum absolute atomic E-state index is 10.6. The van der Waals surface area contributed by atoms with Crippen molar-refractivity contribution in [3.63, 3.8) is 0 Å². The van der Waals surface area contributed by atoms with Crippen molar-refractivity contribution in [2.75, 3.05) is 19.6 Å². The van der Waals surface area contributed by atoms with E-state index < -0.39 is 6.10 Å². The van der Waals surface area contributed by atoms with E-state index in [2.05, 4.69) is 47.7 Å². The fourth-order valence-corrected chi connectivity index (χ4v) is 3.30. The molecule has 1 N–H and O–H groups in total. The van der Waals surface area contributed by atoms with Gasteiger partial charge in [-0.05, 0) is 56.1 Å². The first-order valence-corrected chi connectivity index (χ1v) is 9.54. The van der Waals surface area contributed by atoms with Gasteiger partial charge < -0.3 is 10.0 Å². The van der Waals surface area contributed by atoms with E-state index in [0.717, 1.165) is 35.2 Å². The molecule has 1 rings (SSSR count). The van der Waals surface area contributed by atoms with E-state index in [1.807, 2.05) is 12.1 Å². The molecule has 1 aromatic rings. The van der Waals surface area contributed by atoms with Gasteiger partial charge in [0.15, 0.2) is 0 Å². The summed E-state index contributed by atoms with van der Waals surface area (Å²) in [5.41, 5.74) is 2.21. The molecule has 0 aliphatic carbocycles. The SMILES string of the molecule is CCCCCN(CCCCC)CC(O)c1ccc(Br)cc1C. The third-order valence-corrected chi connectivity index (χ3v) is 4.67. The van der Waals surface area contributed by atoms with E-state index in [4.69, 9.17) is 0 Å². The second kappa shape index (κ2) is 11.2. The van der Waals surface area contributed by atoms with Crippen LogP contribution in [0.4, 0.5) is 0 Å². The molecular weight excluding hydrogens is 338 g/mol. The van der Waals surface area contributed by atoms with E-state index in [-0.39, 0.29) is 0 Å². The molecular formula is C19H32BrNO. The average Bonchev–Trinajstić information content (AvgIpc) is 2.47. The standard InChI is InChI=1S/C19H32BrNO/c1-4-6-8-12-21(13-9-7-5-2)15-19(22)18-11-10-17(20)14-16(18)3/h10-11,14,19,22H,4-9,12-13,15H2,1-3H3. The average molecular weight is 370 g/mol. The van der Waals surface area contributed by atoms with Gasteiger partial charge in [-0.25, -0.2) is 0 Å². The molecule has 0 aliphatic heterocycles. The predicted molar refractivity (Wildman–Crippen MR) is 99.3 cm³/mol. The van der Waals surface area contributed by atoms with Gasteiger partial charge in [-0.1, -0.05) is 61.5 Å². The smallest absolute Gasteiger partial charge is 0.0919 e. The zero-order valence-electron chi connectivity index (χ0n) is 14.4. The molecule has 22 heavy (non-hydrogen) atoms. The van der Waals surface area contributed by atoms with Crippen molar-refractivity contribution < 1.29 is 5.11 Å². The molecule has 0 aliphatic rings. The lowest BCUT2D eigenvalue weighted by molar-refractivity contribution is 0.110. The first-order valence-electron chi connectivity index (χ1n) is 8.75. The van der Waals surface area contributed by atoms with Crippen LogP contribution in [0, 0.1) is 6.92 Å². The van der Waals surface area contributed by atoms with Gasteiger partial charge in [0.2, 0.25) is 0 Å². The van der Waals surface area contributed by atoms with Gasteiger partial charge >= 0.3 is 0 Å². The number of hydrogen-bond donors (Lipinski definition) is 1. The van der Waals surface area contributed by atoms with Crippen LogP contribution in [0.5, 0.6) is 0 Å². The van der Waals surface area contributed by atoms with Gasteiger partial charge in [0.05, 0.1) is 6.10 Å². The molecule has 126 valence electrons. The second-order valence-electron chi connectivity index (χ2n) is 6.23. The Morgan fingerprint density at radius 3 is 2.14 bits per heavy atom. The number of rotatable bonds is 11. The van der Waals surface area contributed by atoms with Crippen LogP contribution in [0.25, 0.3) is 0 Å². The Labute approximate surface area is 145 Å². The highest BCUT2D eigenvalue weighted by Crippen LogP contribution is 2.22. The van der Waals surface area contributed by atoms with Gasteiger partial charge in [0.25, 0.3) is 0 Å². The summed E-state index contributed by atoms with van der Waals surface area (Å²) in [6.07, 6.45) is 7.11. The zero-order valence-corrected chi connectivity index (χ0v) is 16.0. The van der Waals surface area contributed by atoms with Crippen LogP contribution in [-0.4, -0.2) is 29.6 Å². The Balaban J connectivity index is 2.60. The zero-order chi connectivity index (χ0) is 16.4. The van der Waals surface area contributed by atoms with Crippen LogP contribution < -0.4 is 0 Å². The van der Waals surface area contributed by atoms with Crippen LogP contribution in [-0.2, 0) is 0 Å². The fraction of sp³-hybridized carbons (Fsp3) is 0.684. The molecule has 0 spiro atoms. The molecule has 0 saturated heterocycles. The first-order chi connectivity index (χ1) is 10.6. The lowest BCUT2D eigenvalue weighted by Crippen LogP contribution is -2.31. The van der Waals surface area contributed by atoms with E-state index in [1.165, 1.54) is 38.5 Å². The molecule has 0 radical (unpaired) electrons. The number of halogens is 1. The quantitative estimate of drug-likeness (QED) is 0.522. The minimum absolute atomic E-state index is 0.392. The number of aryl methyl sites for hydroxylation is 1. The van der Waals surface area contributed by atoms with Gasteiger partial charge in [0, 0.05) is 11.0 Å². The topological polar surface area (TPSA) is 23.5 Å². The van der Waals surface area contributed by atoms with Crippen LogP contribution in [0.2, 0.25) is 0 Å². The highest BCUT2D eigenvalue weighted by atomic mass is 79.9. The number of nitrogens with zero attached hydrogens (tertiary/aromatic N) is 1. The van der Waals surface area contributed by atoms with Crippen LogP contribution >= 0.6 is 15.9 Å². The summed E-state index contributed by atoms with van der Waals surface area (Å²) in [7, 11) is 0. The Kier molecular flexibility index (Phi) is 10.0. The van der Waals surface area contributed by atoms with Crippen molar-refractivity contribution in [1.82, 2.24) is 4.90 Å².